The van der Waals surface area contributed by atoms with Crippen LogP contribution in [-0.4, -0.2) is 81.3 Å². The number of aliphatic carboxylic acids is 1. The second-order valence-electron chi connectivity index (χ2n) is 7.01. The van der Waals surface area contributed by atoms with Gasteiger partial charge in [-0.05, 0) is 24.3 Å². The molecule has 0 bridgehead atoms. The first-order chi connectivity index (χ1) is 14.8. The molecule has 2 aliphatic heterocycles. The van der Waals surface area contributed by atoms with Crippen LogP contribution in [0.4, 0.5) is 4.79 Å². The molecule has 3 rings (SSSR count). The van der Waals surface area contributed by atoms with E-state index >= 15 is 0 Å². The minimum atomic E-state index is -1.27. The molecule has 13 heteroatoms. The van der Waals surface area contributed by atoms with E-state index in [1.165, 1.54) is 16.3 Å². The average molecular weight is 451 g/mol. The van der Waals surface area contributed by atoms with Gasteiger partial charge in [-0.15, -0.1) is 0 Å². The summed E-state index contributed by atoms with van der Waals surface area (Å²) in [7, 11) is 0. The summed E-state index contributed by atoms with van der Waals surface area (Å²) in [5.74, 6) is -2.95. The van der Waals surface area contributed by atoms with Crippen molar-refractivity contribution in [2.45, 2.75) is 37.8 Å². The fourth-order valence-corrected chi connectivity index (χ4v) is 4.03. The molecular formula is C18H21N5O7S. The standard InChI is InChI=1S/C18H21N5O7S/c24-9-12(8-15(26)27)19-17(29)13-2-1-5-22-14(25)3-6-21(18(30)23(13)22)20-16(28)11-4-7-31-10-11/h4,7,9-10,12-13H,1-3,5-6,8H2,(H,19,29)(H,20,28)(H,26,27). The van der Waals surface area contributed by atoms with Gasteiger partial charge in [0.15, 0.2) is 0 Å². The van der Waals surface area contributed by atoms with E-state index in [0.29, 0.717) is 18.3 Å². The topological polar surface area (TPSA) is 156 Å². The molecule has 1 aromatic heterocycles. The third kappa shape index (κ3) is 4.99. The summed E-state index contributed by atoms with van der Waals surface area (Å²) in [5.41, 5.74) is 2.82. The number of nitrogens with zero attached hydrogens (tertiary/aromatic N) is 3. The molecular weight excluding hydrogens is 430 g/mol. The van der Waals surface area contributed by atoms with Gasteiger partial charge in [-0.2, -0.15) is 11.3 Å². The highest BCUT2D eigenvalue weighted by molar-refractivity contribution is 7.08. The van der Waals surface area contributed by atoms with Gasteiger partial charge >= 0.3 is 12.0 Å². The van der Waals surface area contributed by atoms with E-state index in [4.69, 9.17) is 5.11 Å². The van der Waals surface area contributed by atoms with Crippen LogP contribution >= 0.6 is 11.3 Å². The molecule has 2 aliphatic rings. The molecule has 1 aromatic rings. The van der Waals surface area contributed by atoms with E-state index < -0.39 is 48.2 Å². The number of carbonyl (C=O) groups is 6. The van der Waals surface area contributed by atoms with E-state index in [2.05, 4.69) is 10.7 Å². The van der Waals surface area contributed by atoms with E-state index in [-0.39, 0.29) is 25.9 Å². The Kier molecular flexibility index (Phi) is 6.84. The SMILES string of the molecule is O=CC(CC(=O)O)NC(=O)C1CCCN2C(=O)CCN(NC(=O)c3ccsc3)C(=O)N12. The van der Waals surface area contributed by atoms with Crippen molar-refractivity contribution in [2.24, 2.45) is 0 Å². The zero-order valence-electron chi connectivity index (χ0n) is 16.4. The van der Waals surface area contributed by atoms with Crippen LogP contribution in [0.1, 0.15) is 36.0 Å². The van der Waals surface area contributed by atoms with Gasteiger partial charge in [0.05, 0.1) is 24.6 Å². The number of carboxylic acids is 1. The smallest absolute Gasteiger partial charge is 0.358 e. The van der Waals surface area contributed by atoms with Gasteiger partial charge < -0.3 is 15.2 Å². The second-order valence-corrected chi connectivity index (χ2v) is 7.79. The quantitative estimate of drug-likeness (QED) is 0.476. The van der Waals surface area contributed by atoms with Crippen molar-refractivity contribution >= 4 is 47.3 Å². The number of nitrogens with one attached hydrogen (secondary N) is 2. The van der Waals surface area contributed by atoms with Crippen molar-refractivity contribution in [2.75, 3.05) is 13.1 Å². The van der Waals surface area contributed by atoms with Gasteiger partial charge in [0.25, 0.3) is 5.91 Å². The first-order valence-corrected chi connectivity index (χ1v) is 10.5. The lowest BCUT2D eigenvalue weighted by Crippen LogP contribution is -2.64. The number of fused-ring (bicyclic) bond motifs is 1. The number of rotatable bonds is 7. The van der Waals surface area contributed by atoms with E-state index in [0.717, 1.165) is 10.0 Å². The molecule has 12 nitrogen and oxygen atoms in total. The highest BCUT2D eigenvalue weighted by atomic mass is 32.1. The fraction of sp³-hybridized carbons (Fsp3) is 0.444. The number of carboxylic acid groups (broad SMARTS) is 1. The number of hydrogen-bond donors (Lipinski definition) is 3. The Balaban J connectivity index is 1.80. The van der Waals surface area contributed by atoms with Gasteiger partial charge in [0, 0.05) is 18.3 Å². The van der Waals surface area contributed by atoms with Crippen molar-refractivity contribution in [3.05, 3.63) is 22.4 Å². The van der Waals surface area contributed by atoms with Crippen molar-refractivity contribution in [1.29, 1.82) is 0 Å². The van der Waals surface area contributed by atoms with Gasteiger partial charge in [0.2, 0.25) is 11.8 Å². The summed E-state index contributed by atoms with van der Waals surface area (Å²) >= 11 is 1.31. The van der Waals surface area contributed by atoms with E-state index in [9.17, 15) is 28.8 Å². The third-order valence-corrected chi connectivity index (χ3v) is 5.56. The molecule has 166 valence electrons. The molecule has 31 heavy (non-hydrogen) atoms. The number of amides is 5. The van der Waals surface area contributed by atoms with Crippen molar-refractivity contribution in [3.63, 3.8) is 0 Å². The molecule has 5 amide bonds. The Bertz CT molecular complexity index is 890. The Morgan fingerprint density at radius 1 is 1.29 bits per heavy atom. The molecule has 0 radical (unpaired) electrons. The van der Waals surface area contributed by atoms with Crippen LogP contribution in [0.3, 0.4) is 0 Å². The molecule has 0 spiro atoms. The van der Waals surface area contributed by atoms with Crippen LogP contribution in [-0.2, 0) is 19.2 Å². The monoisotopic (exact) mass is 451 g/mol. The lowest BCUT2D eigenvalue weighted by atomic mass is 10.1. The van der Waals surface area contributed by atoms with E-state index in [1.807, 2.05) is 0 Å². The van der Waals surface area contributed by atoms with Crippen LogP contribution in [0.15, 0.2) is 16.8 Å². The maximum absolute atomic E-state index is 13.2. The van der Waals surface area contributed by atoms with Crippen LogP contribution < -0.4 is 10.7 Å². The lowest BCUT2D eigenvalue weighted by Gasteiger charge is -2.42. The third-order valence-electron chi connectivity index (χ3n) is 4.88. The Morgan fingerprint density at radius 3 is 2.71 bits per heavy atom. The number of urea groups is 1. The minimum absolute atomic E-state index is 0.0591. The molecule has 2 saturated heterocycles. The summed E-state index contributed by atoms with van der Waals surface area (Å²) in [4.78, 5) is 72.9. The first kappa shape index (κ1) is 22.2. The zero-order chi connectivity index (χ0) is 22.5. The molecule has 0 saturated carbocycles. The molecule has 0 aliphatic carbocycles. The van der Waals surface area contributed by atoms with Crippen LogP contribution in [0.25, 0.3) is 0 Å². The molecule has 3 N–H and O–H groups in total. The maximum Gasteiger partial charge on any atom is 0.358 e. The Morgan fingerprint density at radius 2 is 2.06 bits per heavy atom. The molecule has 2 atom stereocenters. The van der Waals surface area contributed by atoms with Crippen molar-refractivity contribution in [3.8, 4) is 0 Å². The fourth-order valence-electron chi connectivity index (χ4n) is 3.40. The predicted octanol–water partition coefficient (Wildman–Crippen LogP) is -0.415. The van der Waals surface area contributed by atoms with Crippen molar-refractivity contribution in [1.82, 2.24) is 25.8 Å². The van der Waals surface area contributed by atoms with Gasteiger partial charge in [-0.3, -0.25) is 24.6 Å². The second kappa shape index (κ2) is 9.55. The largest absolute Gasteiger partial charge is 0.481 e. The molecule has 2 unspecified atom stereocenters. The minimum Gasteiger partial charge on any atom is -0.481 e. The first-order valence-electron chi connectivity index (χ1n) is 9.53. The van der Waals surface area contributed by atoms with Crippen LogP contribution in [0, 0.1) is 0 Å². The molecule has 2 fully saturated rings. The summed E-state index contributed by atoms with van der Waals surface area (Å²) < 4.78 is 0. The van der Waals surface area contributed by atoms with E-state index in [1.54, 1.807) is 16.8 Å². The van der Waals surface area contributed by atoms with Crippen LogP contribution in [0.2, 0.25) is 0 Å². The van der Waals surface area contributed by atoms with Gasteiger partial charge in [-0.1, -0.05) is 0 Å². The number of hydrazine groups is 2. The van der Waals surface area contributed by atoms with Gasteiger partial charge in [0.1, 0.15) is 12.3 Å². The van der Waals surface area contributed by atoms with Gasteiger partial charge in [-0.25, -0.2) is 19.8 Å². The summed E-state index contributed by atoms with van der Waals surface area (Å²) in [6.45, 7) is 0.137. The number of thiophene rings is 1. The summed E-state index contributed by atoms with van der Waals surface area (Å²) in [6.07, 6.45) is 0.263. The highest BCUT2D eigenvalue weighted by Crippen LogP contribution is 2.24. The Labute approximate surface area is 180 Å². The summed E-state index contributed by atoms with van der Waals surface area (Å²) in [6, 6.07) is -1.60. The predicted molar refractivity (Wildman–Crippen MR) is 105 cm³/mol. The normalized spacial score (nSPS) is 19.9. The summed E-state index contributed by atoms with van der Waals surface area (Å²) in [5, 5.41) is 17.6. The molecule has 0 aromatic carbocycles. The number of carbonyl (C=O) groups excluding carboxylic acids is 5. The Hall–Kier alpha value is -3.48. The number of hydrogen-bond acceptors (Lipinski definition) is 7. The maximum atomic E-state index is 13.2. The zero-order valence-corrected chi connectivity index (χ0v) is 17.2. The number of aldehydes is 1. The van der Waals surface area contributed by atoms with Crippen molar-refractivity contribution < 1.29 is 33.9 Å². The average Bonchev–Trinajstić information content (AvgIpc) is 3.25. The highest BCUT2D eigenvalue weighted by Gasteiger charge is 2.44. The lowest BCUT2D eigenvalue weighted by molar-refractivity contribution is -0.155. The van der Waals surface area contributed by atoms with Crippen LogP contribution in [0.5, 0.6) is 0 Å². The molecule has 3 heterocycles.